The lowest BCUT2D eigenvalue weighted by molar-refractivity contribution is 0.252. The van der Waals surface area contributed by atoms with Crippen LogP contribution in [0.3, 0.4) is 0 Å². The van der Waals surface area contributed by atoms with Gasteiger partial charge < -0.3 is 9.15 Å². The van der Waals surface area contributed by atoms with E-state index < -0.39 is 0 Å². The zero-order valence-electron chi connectivity index (χ0n) is 12.2. The van der Waals surface area contributed by atoms with Crippen LogP contribution in [-0.2, 0) is 12.4 Å². The van der Waals surface area contributed by atoms with Crippen LogP contribution in [0, 0.1) is 5.82 Å². The quantitative estimate of drug-likeness (QED) is 0.533. The molecule has 4 nitrogen and oxygen atoms in total. The van der Waals surface area contributed by atoms with Crippen molar-refractivity contribution in [2.75, 3.05) is 0 Å². The first kappa shape index (κ1) is 17.1. The van der Waals surface area contributed by atoms with Crippen LogP contribution in [0.15, 0.2) is 52.1 Å². The molecule has 0 radical (unpaired) electrons. The number of hydrogen-bond donors (Lipinski definition) is 0. The van der Waals surface area contributed by atoms with E-state index in [2.05, 4.69) is 10.2 Å². The van der Waals surface area contributed by atoms with Gasteiger partial charge in [0, 0.05) is 10.8 Å². The fourth-order valence-corrected chi connectivity index (χ4v) is 3.01. The van der Waals surface area contributed by atoms with Crippen molar-refractivity contribution < 1.29 is 13.5 Å². The molecule has 0 aliphatic carbocycles. The standard InChI is InChI=1S/C16H11Cl2FN2O2S/c17-11-3-6-14(13(18)7-11)22-8-15-20-21-16(23-15)24-9-10-1-4-12(19)5-2-10/h1-7H,8-9H2. The van der Waals surface area contributed by atoms with Gasteiger partial charge in [-0.2, -0.15) is 0 Å². The van der Waals surface area contributed by atoms with Crippen molar-refractivity contribution in [3.05, 3.63) is 69.8 Å². The van der Waals surface area contributed by atoms with Gasteiger partial charge in [0.2, 0.25) is 0 Å². The highest BCUT2D eigenvalue weighted by molar-refractivity contribution is 7.98. The van der Waals surface area contributed by atoms with Crippen molar-refractivity contribution in [3.8, 4) is 5.75 Å². The second-order valence-corrected chi connectivity index (χ2v) is 6.51. The van der Waals surface area contributed by atoms with Crippen LogP contribution in [-0.4, -0.2) is 10.2 Å². The molecule has 0 aliphatic heterocycles. The highest BCUT2D eigenvalue weighted by atomic mass is 35.5. The number of nitrogens with zero attached hydrogens (tertiary/aromatic N) is 2. The SMILES string of the molecule is Fc1ccc(CSc2nnc(COc3ccc(Cl)cc3Cl)o2)cc1. The maximum absolute atomic E-state index is 12.9. The summed E-state index contributed by atoms with van der Waals surface area (Å²) >= 11 is 13.2. The van der Waals surface area contributed by atoms with Crippen LogP contribution in [0.25, 0.3) is 0 Å². The van der Waals surface area contributed by atoms with Gasteiger partial charge in [-0.05, 0) is 35.9 Å². The molecule has 0 saturated heterocycles. The van der Waals surface area contributed by atoms with Crippen LogP contribution < -0.4 is 4.74 Å². The Labute approximate surface area is 151 Å². The maximum Gasteiger partial charge on any atom is 0.277 e. The summed E-state index contributed by atoms with van der Waals surface area (Å²) in [5, 5.41) is 9.21. The van der Waals surface area contributed by atoms with Crippen molar-refractivity contribution in [3.63, 3.8) is 0 Å². The molecule has 0 fully saturated rings. The van der Waals surface area contributed by atoms with E-state index in [-0.39, 0.29) is 12.4 Å². The van der Waals surface area contributed by atoms with Crippen molar-refractivity contribution in [2.45, 2.75) is 17.6 Å². The zero-order valence-corrected chi connectivity index (χ0v) is 14.5. The largest absolute Gasteiger partial charge is 0.482 e. The third kappa shape index (κ3) is 4.63. The molecule has 1 aromatic heterocycles. The van der Waals surface area contributed by atoms with E-state index in [1.165, 1.54) is 23.9 Å². The summed E-state index contributed by atoms with van der Waals surface area (Å²) in [6.45, 7) is 0.103. The molecule has 0 spiro atoms. The van der Waals surface area contributed by atoms with Gasteiger partial charge in [-0.15, -0.1) is 10.2 Å². The Morgan fingerprint density at radius 1 is 1.08 bits per heavy atom. The molecule has 0 saturated carbocycles. The van der Waals surface area contributed by atoms with Gasteiger partial charge >= 0.3 is 0 Å². The monoisotopic (exact) mass is 384 g/mol. The van der Waals surface area contributed by atoms with E-state index in [9.17, 15) is 4.39 Å². The second kappa shape index (κ2) is 7.88. The summed E-state index contributed by atoms with van der Waals surface area (Å²) in [5.74, 6) is 1.16. The number of hydrogen-bond acceptors (Lipinski definition) is 5. The Morgan fingerprint density at radius 3 is 2.62 bits per heavy atom. The number of rotatable bonds is 6. The average molecular weight is 385 g/mol. The van der Waals surface area contributed by atoms with Crippen molar-refractivity contribution in [1.82, 2.24) is 10.2 Å². The topological polar surface area (TPSA) is 48.2 Å². The third-order valence-corrected chi connectivity index (χ3v) is 4.39. The molecule has 0 N–H and O–H groups in total. The minimum atomic E-state index is -0.262. The minimum absolute atomic E-state index is 0.103. The molecule has 0 bridgehead atoms. The predicted octanol–water partition coefficient (Wildman–Crippen LogP) is 5.39. The first-order valence-electron chi connectivity index (χ1n) is 6.87. The van der Waals surface area contributed by atoms with E-state index in [4.69, 9.17) is 32.4 Å². The Hall–Kier alpha value is -1.76. The Kier molecular flexibility index (Phi) is 5.60. The number of ether oxygens (including phenoxy) is 1. The number of aromatic nitrogens is 2. The van der Waals surface area contributed by atoms with Gasteiger partial charge in [-0.1, -0.05) is 47.1 Å². The molecule has 3 rings (SSSR count). The van der Waals surface area contributed by atoms with Gasteiger partial charge in [0.25, 0.3) is 11.1 Å². The second-order valence-electron chi connectivity index (χ2n) is 4.74. The van der Waals surface area contributed by atoms with E-state index in [0.717, 1.165) is 5.56 Å². The molecule has 24 heavy (non-hydrogen) atoms. The minimum Gasteiger partial charge on any atom is -0.482 e. The fourth-order valence-electron chi connectivity index (χ4n) is 1.81. The van der Waals surface area contributed by atoms with Crippen LogP contribution in [0.1, 0.15) is 11.5 Å². The van der Waals surface area contributed by atoms with Gasteiger partial charge in [-0.3, -0.25) is 0 Å². The molecule has 3 aromatic rings. The molecule has 124 valence electrons. The lowest BCUT2D eigenvalue weighted by Gasteiger charge is -2.05. The van der Waals surface area contributed by atoms with Gasteiger partial charge in [0.05, 0.1) is 5.02 Å². The molecule has 0 aliphatic rings. The van der Waals surface area contributed by atoms with E-state index in [1.54, 1.807) is 30.3 Å². The first-order chi connectivity index (χ1) is 11.6. The highest BCUT2D eigenvalue weighted by Gasteiger charge is 2.09. The summed E-state index contributed by atoms with van der Waals surface area (Å²) in [6, 6.07) is 11.2. The summed E-state index contributed by atoms with van der Waals surface area (Å²) in [7, 11) is 0. The van der Waals surface area contributed by atoms with Gasteiger partial charge in [-0.25, -0.2) is 4.39 Å². The first-order valence-corrected chi connectivity index (χ1v) is 8.62. The molecule has 1 heterocycles. The highest BCUT2D eigenvalue weighted by Crippen LogP contribution is 2.28. The van der Waals surface area contributed by atoms with Gasteiger partial charge in [0.15, 0.2) is 6.61 Å². The van der Waals surface area contributed by atoms with Crippen LogP contribution in [0.2, 0.25) is 10.0 Å². The average Bonchev–Trinajstić information content (AvgIpc) is 3.01. The third-order valence-electron chi connectivity index (χ3n) is 2.97. The molecular weight excluding hydrogens is 374 g/mol. The molecule has 0 amide bonds. The van der Waals surface area contributed by atoms with Crippen LogP contribution >= 0.6 is 35.0 Å². The van der Waals surface area contributed by atoms with E-state index in [0.29, 0.717) is 32.7 Å². The molecule has 0 unspecified atom stereocenters. The van der Waals surface area contributed by atoms with Gasteiger partial charge in [0.1, 0.15) is 11.6 Å². The smallest absolute Gasteiger partial charge is 0.277 e. The summed E-state index contributed by atoms with van der Waals surface area (Å²) in [6.07, 6.45) is 0. The molecule has 0 atom stereocenters. The van der Waals surface area contributed by atoms with Crippen molar-refractivity contribution in [2.24, 2.45) is 0 Å². The summed E-state index contributed by atoms with van der Waals surface area (Å²) in [5.41, 5.74) is 0.963. The number of thioether (sulfide) groups is 1. The van der Waals surface area contributed by atoms with Crippen molar-refractivity contribution >= 4 is 35.0 Å². The fraction of sp³-hybridized carbons (Fsp3) is 0.125. The predicted molar refractivity (Wildman–Crippen MR) is 91.1 cm³/mol. The maximum atomic E-state index is 12.9. The molecule has 8 heteroatoms. The van der Waals surface area contributed by atoms with E-state index >= 15 is 0 Å². The van der Waals surface area contributed by atoms with Crippen molar-refractivity contribution in [1.29, 1.82) is 0 Å². The Morgan fingerprint density at radius 2 is 1.88 bits per heavy atom. The normalized spacial score (nSPS) is 10.8. The lowest BCUT2D eigenvalue weighted by Crippen LogP contribution is -1.96. The zero-order chi connectivity index (χ0) is 16.9. The summed E-state index contributed by atoms with van der Waals surface area (Å²) in [4.78, 5) is 0. The molecule has 2 aromatic carbocycles. The van der Waals surface area contributed by atoms with Crippen LogP contribution in [0.5, 0.6) is 5.75 Å². The Balaban J connectivity index is 1.54. The number of halogens is 3. The number of benzene rings is 2. The lowest BCUT2D eigenvalue weighted by atomic mass is 10.2. The summed E-state index contributed by atoms with van der Waals surface area (Å²) < 4.78 is 23.9. The molecular formula is C16H11Cl2FN2O2S. The Bertz CT molecular complexity index is 827. The van der Waals surface area contributed by atoms with Crippen LogP contribution in [0.4, 0.5) is 4.39 Å². The van der Waals surface area contributed by atoms with E-state index in [1.807, 2.05) is 0 Å².